The van der Waals surface area contributed by atoms with Crippen molar-refractivity contribution in [3.63, 3.8) is 0 Å². The molecule has 3 nitrogen and oxygen atoms in total. The zero-order valence-corrected chi connectivity index (χ0v) is 12.1. The minimum absolute atomic E-state index is 0.511. The van der Waals surface area contributed by atoms with Crippen LogP contribution in [0.2, 0.25) is 0 Å². The van der Waals surface area contributed by atoms with Crippen LogP contribution >= 0.6 is 0 Å². The molecule has 0 N–H and O–H groups in total. The van der Waals surface area contributed by atoms with Gasteiger partial charge in [0.1, 0.15) is 0 Å². The molecule has 100 valence electrons. The van der Waals surface area contributed by atoms with Crippen molar-refractivity contribution in [1.82, 2.24) is 4.31 Å². The van der Waals surface area contributed by atoms with Gasteiger partial charge < -0.3 is 0 Å². The van der Waals surface area contributed by atoms with Crippen molar-refractivity contribution in [1.29, 1.82) is 0 Å². The molecule has 0 fully saturated rings. The van der Waals surface area contributed by atoms with Gasteiger partial charge in [0.2, 0.25) is 10.0 Å². The number of rotatable bonds is 8. The van der Waals surface area contributed by atoms with Crippen molar-refractivity contribution in [2.45, 2.75) is 58.8 Å². The first-order valence-electron chi connectivity index (χ1n) is 6.48. The molecule has 0 rings (SSSR count). The molecular formula is C13H25NO2S. The quantitative estimate of drug-likeness (QED) is 0.382. The Hall–Kier alpha value is -0.690. The number of nitrogens with zero attached hydrogens (tertiary/aromatic N) is 1. The maximum Gasteiger partial charge on any atom is 0.238 e. The Balaban J connectivity index is 4.11. The normalized spacial score (nSPS) is 10.8. The summed E-state index contributed by atoms with van der Waals surface area (Å²) in [5.41, 5.74) is 0. The first kappa shape index (κ1) is 16.3. The summed E-state index contributed by atoms with van der Waals surface area (Å²) in [6.07, 6.45) is 8.52. The van der Waals surface area contributed by atoms with Crippen LogP contribution in [0.1, 0.15) is 58.8 Å². The number of unbranched alkanes of at least 4 members (excludes halogenated alkanes) is 5. The fraction of sp³-hybridized carbons (Fsp3) is 0.846. The van der Waals surface area contributed by atoms with E-state index in [4.69, 9.17) is 0 Å². The topological polar surface area (TPSA) is 37.4 Å². The molecule has 0 aliphatic rings. The maximum absolute atomic E-state index is 11.4. The van der Waals surface area contributed by atoms with Crippen molar-refractivity contribution in [3.8, 4) is 12.0 Å². The predicted molar refractivity (Wildman–Crippen MR) is 73.0 cm³/mol. The van der Waals surface area contributed by atoms with Gasteiger partial charge in [-0.05, 0) is 12.8 Å². The standard InChI is InChI=1S/C13H25NO2S/c1-4-6-8-9-10-11-13-14(12-7-5-2)17(3,15)16/h4-10,12H2,1-3H3. The molecule has 0 bridgehead atoms. The van der Waals surface area contributed by atoms with Crippen LogP contribution in [-0.4, -0.2) is 25.5 Å². The van der Waals surface area contributed by atoms with Crippen molar-refractivity contribution >= 4 is 10.0 Å². The van der Waals surface area contributed by atoms with Gasteiger partial charge in [-0.25, -0.2) is 12.7 Å². The van der Waals surface area contributed by atoms with Crippen LogP contribution < -0.4 is 0 Å². The first-order valence-corrected chi connectivity index (χ1v) is 8.33. The third-order valence-electron chi connectivity index (χ3n) is 2.47. The summed E-state index contributed by atoms with van der Waals surface area (Å²) in [6.45, 7) is 4.72. The summed E-state index contributed by atoms with van der Waals surface area (Å²) in [6, 6.07) is 2.77. The molecule has 4 heteroatoms. The smallest absolute Gasteiger partial charge is 0.229 e. The molecule has 0 saturated heterocycles. The van der Waals surface area contributed by atoms with Gasteiger partial charge in [-0.1, -0.05) is 45.5 Å². The Labute approximate surface area is 107 Å². The van der Waals surface area contributed by atoms with Gasteiger partial charge in [-0.2, -0.15) is 0 Å². The van der Waals surface area contributed by atoms with Gasteiger partial charge in [0.15, 0.2) is 0 Å². The van der Waals surface area contributed by atoms with E-state index in [0.717, 1.165) is 25.7 Å². The predicted octanol–water partition coefficient (Wildman–Crippen LogP) is 2.98. The lowest BCUT2D eigenvalue weighted by Crippen LogP contribution is -2.26. The highest BCUT2D eigenvalue weighted by Gasteiger charge is 2.10. The SMILES string of the molecule is CCCCCCC#CN(CCCC)S(C)(=O)=O. The highest BCUT2D eigenvalue weighted by atomic mass is 32.2. The lowest BCUT2D eigenvalue weighted by Gasteiger charge is -2.13. The summed E-state index contributed by atoms with van der Waals surface area (Å²) in [7, 11) is -3.17. The highest BCUT2D eigenvalue weighted by Crippen LogP contribution is 2.03. The van der Waals surface area contributed by atoms with E-state index in [0.29, 0.717) is 6.54 Å². The molecule has 0 heterocycles. The zero-order chi connectivity index (χ0) is 13.1. The van der Waals surface area contributed by atoms with Crippen molar-refractivity contribution in [3.05, 3.63) is 0 Å². The van der Waals surface area contributed by atoms with E-state index < -0.39 is 10.0 Å². The minimum atomic E-state index is -3.17. The fourth-order valence-electron chi connectivity index (χ4n) is 1.39. The second-order valence-corrected chi connectivity index (χ2v) is 6.19. The molecular weight excluding hydrogens is 234 g/mol. The van der Waals surface area contributed by atoms with Gasteiger partial charge in [0.05, 0.1) is 6.26 Å². The summed E-state index contributed by atoms with van der Waals surface area (Å²) in [5.74, 6) is 2.96. The third-order valence-corrected chi connectivity index (χ3v) is 3.55. The highest BCUT2D eigenvalue weighted by molar-refractivity contribution is 7.88. The third kappa shape index (κ3) is 9.05. The average molecular weight is 259 g/mol. The Morgan fingerprint density at radius 2 is 1.65 bits per heavy atom. The van der Waals surface area contributed by atoms with E-state index in [-0.39, 0.29) is 0 Å². The van der Waals surface area contributed by atoms with Crippen LogP contribution in [0.25, 0.3) is 0 Å². The average Bonchev–Trinajstić information content (AvgIpc) is 2.25. The molecule has 0 aromatic carbocycles. The molecule has 0 radical (unpaired) electrons. The minimum Gasteiger partial charge on any atom is -0.229 e. The van der Waals surface area contributed by atoms with Gasteiger partial charge >= 0.3 is 0 Å². The van der Waals surface area contributed by atoms with Crippen LogP contribution in [0, 0.1) is 12.0 Å². The van der Waals surface area contributed by atoms with Crippen molar-refractivity contribution in [2.75, 3.05) is 12.8 Å². The summed E-state index contributed by atoms with van der Waals surface area (Å²) in [4.78, 5) is 0. The monoisotopic (exact) mass is 259 g/mol. The molecule has 0 spiro atoms. The van der Waals surface area contributed by atoms with Crippen LogP contribution in [0.15, 0.2) is 0 Å². The molecule has 0 saturated carbocycles. The van der Waals surface area contributed by atoms with Crippen LogP contribution in [0.3, 0.4) is 0 Å². The van der Waals surface area contributed by atoms with E-state index in [9.17, 15) is 8.42 Å². The zero-order valence-electron chi connectivity index (χ0n) is 11.3. The molecule has 0 unspecified atom stereocenters. The van der Waals surface area contributed by atoms with Gasteiger partial charge in [0.25, 0.3) is 0 Å². The van der Waals surface area contributed by atoms with Crippen LogP contribution in [0.4, 0.5) is 0 Å². The van der Waals surface area contributed by atoms with E-state index in [1.807, 2.05) is 6.92 Å². The second kappa shape index (κ2) is 9.35. The van der Waals surface area contributed by atoms with Crippen molar-refractivity contribution in [2.24, 2.45) is 0 Å². The Morgan fingerprint density at radius 1 is 1.00 bits per heavy atom. The van der Waals surface area contributed by atoms with E-state index in [1.54, 1.807) is 0 Å². The summed E-state index contributed by atoms with van der Waals surface area (Å²) in [5, 5.41) is 0. The summed E-state index contributed by atoms with van der Waals surface area (Å²) >= 11 is 0. The van der Waals surface area contributed by atoms with Crippen LogP contribution in [-0.2, 0) is 10.0 Å². The van der Waals surface area contributed by atoms with Gasteiger partial charge in [-0.3, -0.25) is 0 Å². The lowest BCUT2D eigenvalue weighted by atomic mass is 10.2. The largest absolute Gasteiger partial charge is 0.238 e. The molecule has 17 heavy (non-hydrogen) atoms. The Bertz CT molecular complexity index is 338. The Morgan fingerprint density at radius 3 is 2.18 bits per heavy atom. The van der Waals surface area contributed by atoms with Gasteiger partial charge in [-0.15, -0.1) is 0 Å². The van der Waals surface area contributed by atoms with Crippen molar-refractivity contribution < 1.29 is 8.42 Å². The molecule has 0 aliphatic carbocycles. The second-order valence-electron chi connectivity index (χ2n) is 4.29. The summed E-state index contributed by atoms with van der Waals surface area (Å²) < 4.78 is 24.1. The lowest BCUT2D eigenvalue weighted by molar-refractivity contribution is 0.505. The van der Waals surface area contributed by atoms with E-state index in [1.165, 1.54) is 29.8 Å². The molecule has 0 atom stereocenters. The molecule has 0 aromatic rings. The first-order chi connectivity index (χ1) is 8.02. The van der Waals surface area contributed by atoms with Crippen LogP contribution in [0.5, 0.6) is 0 Å². The van der Waals surface area contributed by atoms with E-state index in [2.05, 4.69) is 18.9 Å². The maximum atomic E-state index is 11.4. The number of hydrogen-bond donors (Lipinski definition) is 0. The van der Waals surface area contributed by atoms with Gasteiger partial charge in [0, 0.05) is 19.0 Å². The molecule has 0 aromatic heterocycles. The number of hydrogen-bond acceptors (Lipinski definition) is 2. The van der Waals surface area contributed by atoms with E-state index >= 15 is 0 Å². The fourth-order valence-corrected chi connectivity index (χ4v) is 2.08. The molecule has 0 aliphatic heterocycles. The number of sulfonamides is 1. The Kier molecular flexibility index (Phi) is 8.97. The molecule has 0 amide bonds.